The maximum absolute atomic E-state index is 11.7. The van der Waals surface area contributed by atoms with Crippen LogP contribution < -0.4 is 5.32 Å². The third-order valence-electron chi connectivity index (χ3n) is 3.03. The quantitative estimate of drug-likeness (QED) is 0.657. The summed E-state index contributed by atoms with van der Waals surface area (Å²) in [6, 6.07) is -1.03. The van der Waals surface area contributed by atoms with Gasteiger partial charge >= 0.3 is 5.97 Å². The molecule has 1 aromatic heterocycles. The second kappa shape index (κ2) is 6.92. The van der Waals surface area contributed by atoms with E-state index in [0.717, 1.165) is 19.3 Å². The third kappa shape index (κ3) is 4.08. The van der Waals surface area contributed by atoms with E-state index in [1.807, 2.05) is 0 Å². The van der Waals surface area contributed by atoms with Crippen molar-refractivity contribution in [1.82, 2.24) is 15.5 Å². The number of carboxylic acid groups (broad SMARTS) is 1. The van der Waals surface area contributed by atoms with Crippen LogP contribution in [0.1, 0.15) is 55.6 Å². The van der Waals surface area contributed by atoms with Crippen molar-refractivity contribution in [2.45, 2.75) is 52.5 Å². The standard InChI is InChI=1S/C13H21N3O3/c1-4-5-6-7-10(17)14-12(13(18)19)11-8(2)15-16-9(11)3/h12H,4-7H2,1-3H3,(H,14,17)(H,15,16)(H,18,19)/t12-/m0/s1. The maximum atomic E-state index is 11.7. The Morgan fingerprint density at radius 1 is 1.37 bits per heavy atom. The van der Waals surface area contributed by atoms with Crippen LogP contribution in [-0.2, 0) is 9.59 Å². The molecular formula is C13H21N3O3. The number of nitrogens with one attached hydrogen (secondary N) is 2. The fourth-order valence-electron chi connectivity index (χ4n) is 2.01. The number of aryl methyl sites for hydroxylation is 2. The normalized spacial score (nSPS) is 12.2. The Hall–Kier alpha value is -1.85. The lowest BCUT2D eigenvalue weighted by atomic mass is 10.0. The number of carboxylic acids is 1. The average molecular weight is 267 g/mol. The molecule has 1 aromatic rings. The molecular weight excluding hydrogens is 246 g/mol. The van der Waals surface area contributed by atoms with E-state index >= 15 is 0 Å². The molecule has 1 rings (SSSR count). The molecule has 106 valence electrons. The monoisotopic (exact) mass is 267 g/mol. The van der Waals surface area contributed by atoms with E-state index in [2.05, 4.69) is 22.4 Å². The number of nitrogens with zero attached hydrogens (tertiary/aromatic N) is 1. The van der Waals surface area contributed by atoms with Crippen LogP contribution in [0.25, 0.3) is 0 Å². The number of aromatic nitrogens is 2. The molecule has 0 aliphatic heterocycles. The lowest BCUT2D eigenvalue weighted by molar-refractivity contribution is -0.142. The van der Waals surface area contributed by atoms with Gasteiger partial charge in [-0.05, 0) is 20.3 Å². The SMILES string of the molecule is CCCCCC(=O)N[C@H](C(=O)O)c1c(C)n[nH]c1C. The zero-order chi connectivity index (χ0) is 14.4. The number of hydrogen-bond acceptors (Lipinski definition) is 3. The molecule has 3 N–H and O–H groups in total. The summed E-state index contributed by atoms with van der Waals surface area (Å²) in [7, 11) is 0. The van der Waals surface area contributed by atoms with Gasteiger partial charge in [-0.3, -0.25) is 9.89 Å². The van der Waals surface area contributed by atoms with Gasteiger partial charge in [-0.1, -0.05) is 19.8 Å². The number of aromatic amines is 1. The van der Waals surface area contributed by atoms with Gasteiger partial charge in [0.2, 0.25) is 5.91 Å². The summed E-state index contributed by atoms with van der Waals surface area (Å²) < 4.78 is 0. The van der Waals surface area contributed by atoms with Gasteiger partial charge in [0.15, 0.2) is 6.04 Å². The largest absolute Gasteiger partial charge is 0.479 e. The maximum Gasteiger partial charge on any atom is 0.331 e. The number of hydrogen-bond donors (Lipinski definition) is 3. The first kappa shape index (κ1) is 15.2. The van der Waals surface area contributed by atoms with E-state index < -0.39 is 12.0 Å². The first-order chi connectivity index (χ1) is 8.97. The fourth-order valence-corrected chi connectivity index (χ4v) is 2.01. The smallest absolute Gasteiger partial charge is 0.331 e. The van der Waals surface area contributed by atoms with Crippen molar-refractivity contribution >= 4 is 11.9 Å². The molecule has 0 radical (unpaired) electrons. The van der Waals surface area contributed by atoms with Gasteiger partial charge in [0.05, 0.1) is 5.69 Å². The van der Waals surface area contributed by atoms with Crippen molar-refractivity contribution < 1.29 is 14.7 Å². The predicted octanol–water partition coefficient (Wildman–Crippen LogP) is 1.85. The third-order valence-corrected chi connectivity index (χ3v) is 3.03. The van der Waals surface area contributed by atoms with E-state index in [1.54, 1.807) is 13.8 Å². The van der Waals surface area contributed by atoms with Gasteiger partial charge in [-0.25, -0.2) is 4.79 Å². The minimum Gasteiger partial charge on any atom is -0.479 e. The Morgan fingerprint density at radius 2 is 2.05 bits per heavy atom. The summed E-state index contributed by atoms with van der Waals surface area (Å²) in [4.78, 5) is 23.1. The Kier molecular flexibility index (Phi) is 5.54. The van der Waals surface area contributed by atoms with Gasteiger partial charge in [0, 0.05) is 17.7 Å². The molecule has 0 spiro atoms. The van der Waals surface area contributed by atoms with Crippen molar-refractivity contribution in [2.24, 2.45) is 0 Å². The highest BCUT2D eigenvalue weighted by molar-refractivity contribution is 5.84. The fraction of sp³-hybridized carbons (Fsp3) is 0.615. The second-order valence-corrected chi connectivity index (χ2v) is 4.64. The number of rotatable bonds is 7. The Balaban J connectivity index is 2.75. The second-order valence-electron chi connectivity index (χ2n) is 4.64. The molecule has 19 heavy (non-hydrogen) atoms. The number of H-pyrrole nitrogens is 1. The number of carbonyl (C=O) groups is 2. The van der Waals surface area contributed by atoms with Gasteiger partial charge in [-0.15, -0.1) is 0 Å². The Labute approximate surface area is 112 Å². The van der Waals surface area contributed by atoms with Crippen LogP contribution >= 0.6 is 0 Å². The van der Waals surface area contributed by atoms with Crippen molar-refractivity contribution in [2.75, 3.05) is 0 Å². The summed E-state index contributed by atoms with van der Waals surface area (Å²) in [5.41, 5.74) is 1.80. The van der Waals surface area contributed by atoms with E-state index in [0.29, 0.717) is 23.4 Å². The highest BCUT2D eigenvalue weighted by atomic mass is 16.4. The van der Waals surface area contributed by atoms with Crippen molar-refractivity contribution in [3.63, 3.8) is 0 Å². The molecule has 0 aliphatic carbocycles. The van der Waals surface area contributed by atoms with Crippen LogP contribution in [0.3, 0.4) is 0 Å². The molecule has 0 aromatic carbocycles. The van der Waals surface area contributed by atoms with Crippen molar-refractivity contribution in [3.05, 3.63) is 17.0 Å². The zero-order valence-electron chi connectivity index (χ0n) is 11.6. The topological polar surface area (TPSA) is 95.1 Å². The summed E-state index contributed by atoms with van der Waals surface area (Å²) in [6.07, 6.45) is 3.12. The van der Waals surface area contributed by atoms with Gasteiger partial charge in [-0.2, -0.15) is 5.10 Å². The predicted molar refractivity (Wildman–Crippen MR) is 70.7 cm³/mol. The lowest BCUT2D eigenvalue weighted by Crippen LogP contribution is -2.34. The summed E-state index contributed by atoms with van der Waals surface area (Å²) >= 11 is 0. The first-order valence-electron chi connectivity index (χ1n) is 6.51. The number of carbonyl (C=O) groups excluding carboxylic acids is 1. The average Bonchev–Trinajstić information content (AvgIpc) is 2.66. The molecule has 0 fully saturated rings. The van der Waals surface area contributed by atoms with Crippen LogP contribution in [0.2, 0.25) is 0 Å². The molecule has 0 bridgehead atoms. The van der Waals surface area contributed by atoms with E-state index in [4.69, 9.17) is 0 Å². The van der Waals surface area contributed by atoms with Gasteiger partial charge in [0.1, 0.15) is 0 Å². The van der Waals surface area contributed by atoms with Crippen molar-refractivity contribution in [1.29, 1.82) is 0 Å². The van der Waals surface area contributed by atoms with E-state index in [1.165, 1.54) is 0 Å². The highest BCUT2D eigenvalue weighted by Crippen LogP contribution is 2.20. The van der Waals surface area contributed by atoms with Crippen molar-refractivity contribution in [3.8, 4) is 0 Å². The summed E-state index contributed by atoms with van der Waals surface area (Å²) in [5.74, 6) is -1.31. The minimum absolute atomic E-state index is 0.235. The molecule has 0 unspecified atom stereocenters. The molecule has 0 aliphatic rings. The van der Waals surface area contributed by atoms with Crippen LogP contribution in [0.5, 0.6) is 0 Å². The molecule has 1 heterocycles. The number of amides is 1. The zero-order valence-corrected chi connectivity index (χ0v) is 11.6. The van der Waals surface area contributed by atoms with Gasteiger partial charge in [0.25, 0.3) is 0 Å². The number of aliphatic carboxylic acids is 1. The molecule has 6 nitrogen and oxygen atoms in total. The molecule has 1 atom stereocenters. The van der Waals surface area contributed by atoms with E-state index in [9.17, 15) is 14.7 Å². The summed E-state index contributed by atoms with van der Waals surface area (Å²) in [6.45, 7) is 5.52. The lowest BCUT2D eigenvalue weighted by Gasteiger charge is -2.15. The molecule has 0 saturated carbocycles. The highest BCUT2D eigenvalue weighted by Gasteiger charge is 2.26. The van der Waals surface area contributed by atoms with Crippen LogP contribution in [0.4, 0.5) is 0 Å². The molecule has 6 heteroatoms. The van der Waals surface area contributed by atoms with Gasteiger partial charge < -0.3 is 10.4 Å². The summed E-state index contributed by atoms with van der Waals surface area (Å²) in [5, 5.41) is 18.5. The minimum atomic E-state index is -1.07. The molecule has 1 amide bonds. The van der Waals surface area contributed by atoms with Crippen LogP contribution in [0, 0.1) is 13.8 Å². The first-order valence-corrected chi connectivity index (χ1v) is 6.51. The van der Waals surface area contributed by atoms with Crippen LogP contribution in [0.15, 0.2) is 0 Å². The Bertz CT molecular complexity index is 434. The Morgan fingerprint density at radius 3 is 2.53 bits per heavy atom. The number of unbranched alkanes of at least 4 members (excludes halogenated alkanes) is 2. The molecule has 0 saturated heterocycles. The van der Waals surface area contributed by atoms with Crippen LogP contribution in [-0.4, -0.2) is 27.2 Å². The van der Waals surface area contributed by atoms with E-state index in [-0.39, 0.29) is 5.91 Å².